The number of nitriles is 1. The van der Waals surface area contributed by atoms with Crippen LogP contribution in [0.4, 0.5) is 0 Å². The molecule has 0 aromatic rings. The highest BCUT2D eigenvalue weighted by Gasteiger charge is 2.02. The first-order chi connectivity index (χ1) is 6.85. The fourth-order valence-electron chi connectivity index (χ4n) is 0.740. The molecule has 0 aromatic heterocycles. The van der Waals surface area contributed by atoms with Gasteiger partial charge in [0.25, 0.3) is 0 Å². The van der Waals surface area contributed by atoms with Crippen LogP contribution in [0.5, 0.6) is 0 Å². The van der Waals surface area contributed by atoms with Crippen molar-refractivity contribution in [1.82, 2.24) is 5.32 Å². The van der Waals surface area contributed by atoms with Crippen LogP contribution in [0.2, 0.25) is 0 Å². The van der Waals surface area contributed by atoms with Crippen molar-refractivity contribution < 1.29 is 0 Å². The number of nitrogens with zero attached hydrogens (tertiary/aromatic N) is 7. The summed E-state index contributed by atoms with van der Waals surface area (Å²) in [6.45, 7) is 1.05. The predicted octanol–water partition coefficient (Wildman–Crippen LogP) is 1.48. The highest BCUT2D eigenvalue weighted by molar-refractivity contribution is 4.91. The molecule has 1 unspecified atom stereocenters. The predicted molar refractivity (Wildman–Crippen MR) is 50.0 cm³/mol. The average molecular weight is 194 g/mol. The fourth-order valence-corrected chi connectivity index (χ4v) is 0.740. The molecule has 1 atom stereocenters. The van der Waals surface area contributed by atoms with Gasteiger partial charge in [0.15, 0.2) is 0 Å². The number of nitrogens with one attached hydrogen (secondary N) is 1. The van der Waals surface area contributed by atoms with Gasteiger partial charge < -0.3 is 5.32 Å². The van der Waals surface area contributed by atoms with Crippen molar-refractivity contribution >= 4 is 0 Å². The lowest BCUT2D eigenvalue weighted by atomic mass is 10.3. The smallest absolute Gasteiger partial charge is 0.101 e. The van der Waals surface area contributed by atoms with Crippen molar-refractivity contribution in [3.05, 3.63) is 20.9 Å². The van der Waals surface area contributed by atoms with Crippen LogP contribution in [0, 0.1) is 11.3 Å². The van der Waals surface area contributed by atoms with Gasteiger partial charge in [0.1, 0.15) is 6.04 Å². The summed E-state index contributed by atoms with van der Waals surface area (Å²) in [5.41, 5.74) is 16.0. The Morgan fingerprint density at radius 2 is 2.07 bits per heavy atom. The summed E-state index contributed by atoms with van der Waals surface area (Å²) in [7, 11) is 0. The monoisotopic (exact) mass is 194 g/mol. The van der Waals surface area contributed by atoms with E-state index in [2.05, 4.69) is 25.4 Å². The lowest BCUT2D eigenvalue weighted by Crippen LogP contribution is -2.31. The molecule has 0 aliphatic rings. The molecule has 0 heterocycles. The van der Waals surface area contributed by atoms with E-state index < -0.39 is 6.04 Å². The van der Waals surface area contributed by atoms with Crippen LogP contribution in [0.15, 0.2) is 10.2 Å². The Kier molecular flexibility index (Phi) is 7.90. The molecule has 0 aliphatic carbocycles. The second-order valence-electron chi connectivity index (χ2n) is 2.36. The Hall–Kier alpha value is -1.93. The number of rotatable bonds is 7. The molecule has 0 saturated carbocycles. The SMILES string of the molecule is N#CC(CN=[N+]=[N-])NCCCN=[N+]=[N-]. The zero-order chi connectivity index (χ0) is 10.6. The topological polar surface area (TPSA) is 133 Å². The zero-order valence-electron chi connectivity index (χ0n) is 7.54. The van der Waals surface area contributed by atoms with Crippen LogP contribution in [-0.4, -0.2) is 25.7 Å². The van der Waals surface area contributed by atoms with Crippen LogP contribution in [0.1, 0.15) is 6.42 Å². The fraction of sp³-hybridized carbons (Fsp3) is 0.833. The summed E-state index contributed by atoms with van der Waals surface area (Å²) in [4.78, 5) is 5.14. The van der Waals surface area contributed by atoms with Crippen LogP contribution in [0.3, 0.4) is 0 Å². The van der Waals surface area contributed by atoms with E-state index in [9.17, 15) is 0 Å². The minimum absolute atomic E-state index is 0.106. The largest absolute Gasteiger partial charge is 0.302 e. The number of azide groups is 2. The average Bonchev–Trinajstić information content (AvgIpc) is 2.22. The molecule has 0 fully saturated rings. The van der Waals surface area contributed by atoms with Crippen molar-refractivity contribution in [3.8, 4) is 6.07 Å². The van der Waals surface area contributed by atoms with E-state index in [0.29, 0.717) is 19.5 Å². The molecule has 0 amide bonds. The van der Waals surface area contributed by atoms with E-state index in [-0.39, 0.29) is 6.54 Å². The molecule has 0 aliphatic heterocycles. The molecule has 8 nitrogen and oxygen atoms in total. The van der Waals surface area contributed by atoms with Gasteiger partial charge in [-0.1, -0.05) is 10.2 Å². The van der Waals surface area contributed by atoms with Crippen molar-refractivity contribution in [3.63, 3.8) is 0 Å². The maximum Gasteiger partial charge on any atom is 0.101 e. The summed E-state index contributed by atoms with van der Waals surface area (Å²) in [6, 6.07) is 1.47. The van der Waals surface area contributed by atoms with E-state index in [1.165, 1.54) is 0 Å². The van der Waals surface area contributed by atoms with Gasteiger partial charge in [0.2, 0.25) is 0 Å². The van der Waals surface area contributed by atoms with E-state index in [1.54, 1.807) is 0 Å². The number of hydrogen-bond donors (Lipinski definition) is 1. The lowest BCUT2D eigenvalue weighted by Gasteiger charge is -2.06. The molecule has 1 N–H and O–H groups in total. The normalized spacial score (nSPS) is 10.5. The Bertz CT molecular complexity index is 279. The van der Waals surface area contributed by atoms with E-state index in [1.807, 2.05) is 6.07 Å². The molecule has 0 spiro atoms. The zero-order valence-corrected chi connectivity index (χ0v) is 7.54. The van der Waals surface area contributed by atoms with E-state index >= 15 is 0 Å². The van der Waals surface area contributed by atoms with Crippen molar-refractivity contribution in [2.45, 2.75) is 12.5 Å². The van der Waals surface area contributed by atoms with Gasteiger partial charge >= 0.3 is 0 Å². The van der Waals surface area contributed by atoms with Gasteiger partial charge in [0, 0.05) is 16.4 Å². The molecule has 0 aromatic carbocycles. The quantitative estimate of drug-likeness (QED) is 0.284. The first-order valence-electron chi connectivity index (χ1n) is 4.00. The third kappa shape index (κ3) is 6.76. The number of hydrogen-bond acceptors (Lipinski definition) is 4. The minimum Gasteiger partial charge on any atom is -0.302 e. The second kappa shape index (κ2) is 9.16. The summed E-state index contributed by atoms with van der Waals surface area (Å²) in [5, 5.41) is 18.0. The van der Waals surface area contributed by atoms with Crippen LogP contribution in [-0.2, 0) is 0 Å². The maximum atomic E-state index is 8.58. The van der Waals surface area contributed by atoms with Crippen molar-refractivity contribution in [2.24, 2.45) is 10.2 Å². The molecule has 0 bridgehead atoms. The Morgan fingerprint density at radius 1 is 1.36 bits per heavy atom. The summed E-state index contributed by atoms with van der Waals surface area (Å²) < 4.78 is 0. The standard InChI is InChI=1S/C6H10N8/c7-4-6(5-12-14-9)10-2-1-3-11-13-8/h6,10H,1-3,5H2. The molecule has 0 saturated heterocycles. The van der Waals surface area contributed by atoms with Gasteiger partial charge in [-0.25, -0.2) is 0 Å². The summed E-state index contributed by atoms with van der Waals surface area (Å²) in [5.74, 6) is 0. The molecule has 8 heteroatoms. The van der Waals surface area contributed by atoms with E-state index in [0.717, 1.165) is 0 Å². The van der Waals surface area contributed by atoms with Gasteiger partial charge in [-0.05, 0) is 24.0 Å². The van der Waals surface area contributed by atoms with Crippen LogP contribution >= 0.6 is 0 Å². The van der Waals surface area contributed by atoms with Gasteiger partial charge in [-0.3, -0.25) is 0 Å². The van der Waals surface area contributed by atoms with E-state index in [4.69, 9.17) is 16.3 Å². The van der Waals surface area contributed by atoms with Gasteiger partial charge in [-0.15, -0.1) is 0 Å². The van der Waals surface area contributed by atoms with Gasteiger partial charge in [0.05, 0.1) is 12.6 Å². The highest BCUT2D eigenvalue weighted by Crippen LogP contribution is 1.86. The molecular weight excluding hydrogens is 184 g/mol. The summed E-state index contributed by atoms with van der Waals surface area (Å²) in [6.07, 6.45) is 0.651. The molecule has 0 radical (unpaired) electrons. The van der Waals surface area contributed by atoms with Crippen LogP contribution in [0.25, 0.3) is 20.9 Å². The Morgan fingerprint density at radius 3 is 2.64 bits per heavy atom. The van der Waals surface area contributed by atoms with Crippen molar-refractivity contribution in [1.29, 1.82) is 5.26 Å². The van der Waals surface area contributed by atoms with Crippen molar-refractivity contribution in [2.75, 3.05) is 19.6 Å². The molecule has 14 heavy (non-hydrogen) atoms. The minimum atomic E-state index is -0.475. The molecule has 0 rings (SSSR count). The third-order valence-electron chi connectivity index (χ3n) is 1.37. The lowest BCUT2D eigenvalue weighted by molar-refractivity contribution is 0.590. The van der Waals surface area contributed by atoms with Gasteiger partial charge in [-0.2, -0.15) is 5.26 Å². The first-order valence-corrected chi connectivity index (χ1v) is 4.00. The maximum absolute atomic E-state index is 8.58. The third-order valence-corrected chi connectivity index (χ3v) is 1.37. The Labute approximate surface area is 80.8 Å². The first kappa shape index (κ1) is 12.1. The molecular formula is C6H10N8. The molecule has 74 valence electrons. The summed E-state index contributed by atoms with van der Waals surface area (Å²) >= 11 is 0. The highest BCUT2D eigenvalue weighted by atomic mass is 15.1. The Balaban J connectivity index is 3.58. The van der Waals surface area contributed by atoms with Crippen LogP contribution < -0.4 is 5.32 Å². The second-order valence-corrected chi connectivity index (χ2v) is 2.36.